The molecule has 0 saturated heterocycles. The lowest BCUT2D eigenvalue weighted by molar-refractivity contribution is 0.102. The lowest BCUT2D eigenvalue weighted by Crippen LogP contribution is -2.12. The van der Waals surface area contributed by atoms with Gasteiger partial charge < -0.3 is 10.1 Å². The molecule has 1 amide bonds. The third-order valence-electron chi connectivity index (χ3n) is 5.29. The van der Waals surface area contributed by atoms with Gasteiger partial charge in [0.05, 0.1) is 12.8 Å². The summed E-state index contributed by atoms with van der Waals surface area (Å²) in [6.45, 7) is 1.94. The van der Waals surface area contributed by atoms with Crippen molar-refractivity contribution >= 4 is 33.4 Å². The molecule has 4 aromatic carbocycles. The smallest absolute Gasteiger partial charge is 0.255 e. The fourth-order valence-electron chi connectivity index (χ4n) is 3.65. The molecule has 1 heterocycles. The molecule has 0 aliphatic heterocycles. The molecule has 5 aromatic rings. The van der Waals surface area contributed by atoms with Crippen LogP contribution >= 0.6 is 0 Å². The van der Waals surface area contributed by atoms with E-state index in [9.17, 15) is 4.79 Å². The first-order chi connectivity index (χ1) is 15.1. The summed E-state index contributed by atoms with van der Waals surface area (Å²) in [5.74, 6) is 0.431. The van der Waals surface area contributed by atoms with E-state index in [1.54, 1.807) is 36.2 Å². The number of fused-ring (bicyclic) bond motifs is 2. The van der Waals surface area contributed by atoms with E-state index in [-0.39, 0.29) is 5.91 Å². The predicted octanol–water partition coefficient (Wildman–Crippen LogP) is 5.14. The van der Waals surface area contributed by atoms with Crippen LogP contribution in [0.15, 0.2) is 78.9 Å². The van der Waals surface area contributed by atoms with E-state index in [2.05, 4.69) is 33.7 Å². The van der Waals surface area contributed by atoms with Crippen molar-refractivity contribution in [2.75, 3.05) is 12.4 Å². The molecule has 0 aliphatic carbocycles. The molecule has 6 nitrogen and oxygen atoms in total. The second-order valence-electron chi connectivity index (χ2n) is 7.33. The van der Waals surface area contributed by atoms with Gasteiger partial charge >= 0.3 is 0 Å². The van der Waals surface area contributed by atoms with Crippen LogP contribution in [0, 0.1) is 6.92 Å². The Hall–Kier alpha value is -4.19. The third-order valence-corrected chi connectivity index (χ3v) is 5.29. The van der Waals surface area contributed by atoms with Crippen molar-refractivity contribution in [1.82, 2.24) is 15.0 Å². The Labute approximate surface area is 179 Å². The summed E-state index contributed by atoms with van der Waals surface area (Å²) in [5.41, 5.74) is 4.52. The summed E-state index contributed by atoms with van der Waals surface area (Å²) in [6.07, 6.45) is 0. The quantitative estimate of drug-likeness (QED) is 0.447. The molecule has 31 heavy (non-hydrogen) atoms. The molecular weight excluding hydrogens is 388 g/mol. The predicted molar refractivity (Wildman–Crippen MR) is 122 cm³/mol. The number of rotatable bonds is 4. The van der Waals surface area contributed by atoms with Gasteiger partial charge in [0.2, 0.25) is 0 Å². The highest BCUT2D eigenvalue weighted by Crippen LogP contribution is 2.26. The zero-order valence-electron chi connectivity index (χ0n) is 17.2. The molecular formula is C25H20N4O2. The van der Waals surface area contributed by atoms with Crippen molar-refractivity contribution in [1.29, 1.82) is 0 Å². The van der Waals surface area contributed by atoms with E-state index < -0.39 is 0 Å². The van der Waals surface area contributed by atoms with Gasteiger partial charge in [0.25, 0.3) is 5.91 Å². The first-order valence-electron chi connectivity index (χ1n) is 9.93. The van der Waals surface area contributed by atoms with Gasteiger partial charge in [0.1, 0.15) is 16.8 Å². The fraction of sp³-hybridized carbons (Fsp3) is 0.0800. The second-order valence-corrected chi connectivity index (χ2v) is 7.33. The number of carbonyl (C=O) groups excluding carboxylic acids is 1. The van der Waals surface area contributed by atoms with E-state index in [1.165, 1.54) is 0 Å². The lowest BCUT2D eigenvalue weighted by atomic mass is 10.1. The first kappa shape index (κ1) is 18.8. The van der Waals surface area contributed by atoms with Crippen molar-refractivity contribution in [2.45, 2.75) is 6.92 Å². The highest BCUT2D eigenvalue weighted by Gasteiger charge is 2.13. The molecule has 0 radical (unpaired) electrons. The van der Waals surface area contributed by atoms with Crippen LogP contribution in [0.2, 0.25) is 0 Å². The van der Waals surface area contributed by atoms with Crippen LogP contribution in [-0.4, -0.2) is 28.0 Å². The summed E-state index contributed by atoms with van der Waals surface area (Å²) in [7, 11) is 1.58. The van der Waals surface area contributed by atoms with Gasteiger partial charge in [0, 0.05) is 16.6 Å². The number of hydrogen-bond donors (Lipinski definition) is 1. The topological polar surface area (TPSA) is 69.0 Å². The number of aromatic nitrogens is 3. The van der Waals surface area contributed by atoms with Crippen LogP contribution in [0.25, 0.3) is 27.5 Å². The number of nitrogens with one attached hydrogen (secondary N) is 1. The zero-order chi connectivity index (χ0) is 21.4. The van der Waals surface area contributed by atoms with Gasteiger partial charge in [-0.15, -0.1) is 15.0 Å². The van der Waals surface area contributed by atoms with Gasteiger partial charge in [-0.05, 0) is 54.3 Å². The van der Waals surface area contributed by atoms with E-state index in [0.717, 1.165) is 27.5 Å². The molecule has 0 aliphatic rings. The Morgan fingerprint density at radius 2 is 1.65 bits per heavy atom. The summed E-state index contributed by atoms with van der Waals surface area (Å²) >= 11 is 0. The standard InChI is InChI=1S/C25H20N4O2/c1-16-13-22-23(15-21(16)26-25(30)18-9-5-10-19(14-18)31-2)28-29(27-22)24-12-6-8-17-7-3-4-11-20(17)24/h3-15H,1-2H3,(H,26,30). The Morgan fingerprint density at radius 3 is 2.48 bits per heavy atom. The Kier molecular flexibility index (Phi) is 4.59. The van der Waals surface area contributed by atoms with E-state index in [0.29, 0.717) is 22.5 Å². The number of nitrogens with zero attached hydrogens (tertiary/aromatic N) is 3. The SMILES string of the molecule is COc1cccc(C(=O)Nc2cc3nn(-c4cccc5ccccc45)nc3cc2C)c1. The molecule has 0 unspecified atom stereocenters. The number of ether oxygens (including phenoxy) is 1. The molecule has 5 rings (SSSR count). The summed E-state index contributed by atoms with van der Waals surface area (Å²) in [5, 5.41) is 14.5. The molecule has 152 valence electrons. The monoisotopic (exact) mass is 408 g/mol. The molecule has 0 atom stereocenters. The normalized spacial score (nSPS) is 11.0. The van der Waals surface area contributed by atoms with Crippen molar-refractivity contribution in [2.24, 2.45) is 0 Å². The van der Waals surface area contributed by atoms with Gasteiger partial charge in [-0.25, -0.2) is 0 Å². The maximum Gasteiger partial charge on any atom is 0.255 e. The molecule has 6 heteroatoms. The molecule has 1 N–H and O–H groups in total. The van der Waals surface area contributed by atoms with Crippen LogP contribution in [0.3, 0.4) is 0 Å². The van der Waals surface area contributed by atoms with Gasteiger partial charge in [-0.1, -0.05) is 42.5 Å². The molecule has 0 fully saturated rings. The van der Waals surface area contributed by atoms with Crippen LogP contribution in [0.1, 0.15) is 15.9 Å². The number of aryl methyl sites for hydroxylation is 1. The summed E-state index contributed by atoms with van der Waals surface area (Å²) in [4.78, 5) is 14.4. The maximum absolute atomic E-state index is 12.7. The first-order valence-corrected chi connectivity index (χ1v) is 9.93. The number of carbonyl (C=O) groups is 1. The van der Waals surface area contributed by atoms with Crippen molar-refractivity contribution in [3.05, 3.63) is 90.0 Å². The van der Waals surface area contributed by atoms with Crippen molar-refractivity contribution < 1.29 is 9.53 Å². The molecule has 1 aromatic heterocycles. The van der Waals surface area contributed by atoms with Crippen LogP contribution in [0.5, 0.6) is 5.75 Å². The number of benzene rings is 4. The minimum atomic E-state index is -0.206. The van der Waals surface area contributed by atoms with Gasteiger partial charge in [-0.2, -0.15) is 0 Å². The average Bonchev–Trinajstić information content (AvgIpc) is 3.21. The van der Waals surface area contributed by atoms with E-state index in [4.69, 9.17) is 4.74 Å². The maximum atomic E-state index is 12.7. The summed E-state index contributed by atoms with van der Waals surface area (Å²) < 4.78 is 5.21. The van der Waals surface area contributed by atoms with Gasteiger partial charge in [0.15, 0.2) is 0 Å². The van der Waals surface area contributed by atoms with Crippen LogP contribution < -0.4 is 10.1 Å². The Bertz CT molecular complexity index is 1430. The Morgan fingerprint density at radius 1 is 0.903 bits per heavy atom. The molecule has 0 saturated carbocycles. The average molecular weight is 408 g/mol. The number of hydrogen-bond acceptors (Lipinski definition) is 4. The fourth-order valence-corrected chi connectivity index (χ4v) is 3.65. The lowest BCUT2D eigenvalue weighted by Gasteiger charge is -2.09. The van der Waals surface area contributed by atoms with Crippen molar-refractivity contribution in [3.63, 3.8) is 0 Å². The van der Waals surface area contributed by atoms with Crippen molar-refractivity contribution in [3.8, 4) is 11.4 Å². The Balaban J connectivity index is 1.52. The number of methoxy groups -OCH3 is 1. The molecule has 0 spiro atoms. The second kappa shape index (κ2) is 7.57. The number of amides is 1. The number of anilines is 1. The minimum Gasteiger partial charge on any atom is -0.497 e. The zero-order valence-corrected chi connectivity index (χ0v) is 17.2. The van der Waals surface area contributed by atoms with Crippen LogP contribution in [-0.2, 0) is 0 Å². The highest BCUT2D eigenvalue weighted by atomic mass is 16.5. The van der Waals surface area contributed by atoms with E-state index >= 15 is 0 Å². The van der Waals surface area contributed by atoms with Gasteiger partial charge in [-0.3, -0.25) is 4.79 Å². The highest BCUT2D eigenvalue weighted by molar-refractivity contribution is 6.05. The summed E-state index contributed by atoms with van der Waals surface area (Å²) in [6, 6.07) is 25.1. The minimum absolute atomic E-state index is 0.206. The largest absolute Gasteiger partial charge is 0.497 e. The van der Waals surface area contributed by atoms with Crippen LogP contribution in [0.4, 0.5) is 5.69 Å². The molecule has 0 bridgehead atoms. The third kappa shape index (κ3) is 3.48. The van der Waals surface area contributed by atoms with E-state index in [1.807, 2.05) is 43.3 Å².